The van der Waals surface area contributed by atoms with Crippen molar-refractivity contribution < 1.29 is 9.84 Å². The normalized spacial score (nSPS) is 12.0. The number of hydrogen-bond donors (Lipinski definition) is 2. The molecule has 1 aromatic carbocycles. The zero-order chi connectivity index (χ0) is 14.7. The second-order valence-electron chi connectivity index (χ2n) is 4.28. The number of aromatic hydroxyl groups is 1. The molecule has 2 rings (SSSR count). The van der Waals surface area contributed by atoms with Crippen molar-refractivity contribution in [1.29, 1.82) is 0 Å². The fourth-order valence-corrected chi connectivity index (χ4v) is 2.33. The minimum atomic E-state index is -0.154. The molecule has 0 saturated heterocycles. The van der Waals surface area contributed by atoms with Crippen LogP contribution in [0.2, 0.25) is 5.15 Å². The lowest BCUT2D eigenvalue weighted by molar-refractivity contribution is 0.410. The molecule has 6 heteroatoms. The van der Waals surface area contributed by atoms with Crippen LogP contribution in [-0.2, 0) is 0 Å². The van der Waals surface area contributed by atoms with Crippen molar-refractivity contribution in [2.24, 2.45) is 0 Å². The van der Waals surface area contributed by atoms with Gasteiger partial charge in [0.2, 0.25) is 0 Å². The molecular formula is C14H14BrClN2O2. The number of methoxy groups -OCH3 is 1. The Balaban J connectivity index is 2.27. The van der Waals surface area contributed by atoms with Gasteiger partial charge in [-0.05, 0) is 47.1 Å². The standard InChI is InChI=1S/C14H14BrClN2O2/c1-8(11-6-10(20-2)3-4-13(11)19)18-12-5-9(15)7-17-14(12)16/h3-8,18-19H,1-2H3. The van der Waals surface area contributed by atoms with E-state index in [0.29, 0.717) is 16.6 Å². The van der Waals surface area contributed by atoms with Gasteiger partial charge in [-0.1, -0.05) is 11.6 Å². The zero-order valence-corrected chi connectivity index (χ0v) is 13.4. The van der Waals surface area contributed by atoms with Crippen molar-refractivity contribution in [2.75, 3.05) is 12.4 Å². The van der Waals surface area contributed by atoms with Gasteiger partial charge < -0.3 is 15.2 Å². The maximum Gasteiger partial charge on any atom is 0.152 e. The predicted molar refractivity (Wildman–Crippen MR) is 83.6 cm³/mol. The third-order valence-electron chi connectivity index (χ3n) is 2.88. The van der Waals surface area contributed by atoms with Crippen LogP contribution in [0.25, 0.3) is 0 Å². The summed E-state index contributed by atoms with van der Waals surface area (Å²) in [5.41, 5.74) is 1.41. The van der Waals surface area contributed by atoms with E-state index in [1.807, 2.05) is 13.0 Å². The van der Waals surface area contributed by atoms with Crippen LogP contribution in [0.1, 0.15) is 18.5 Å². The van der Waals surface area contributed by atoms with E-state index in [1.165, 1.54) is 0 Å². The van der Waals surface area contributed by atoms with Gasteiger partial charge in [0.05, 0.1) is 18.8 Å². The molecule has 0 saturated carbocycles. The van der Waals surface area contributed by atoms with Crippen molar-refractivity contribution in [1.82, 2.24) is 4.98 Å². The zero-order valence-electron chi connectivity index (χ0n) is 11.0. The van der Waals surface area contributed by atoms with Gasteiger partial charge in [0.15, 0.2) is 5.15 Å². The number of rotatable bonds is 4. The first-order valence-corrected chi connectivity index (χ1v) is 7.13. The van der Waals surface area contributed by atoms with Crippen molar-refractivity contribution in [2.45, 2.75) is 13.0 Å². The van der Waals surface area contributed by atoms with Crippen LogP contribution in [0.15, 0.2) is 34.9 Å². The van der Waals surface area contributed by atoms with E-state index >= 15 is 0 Å². The number of phenolic OH excluding ortho intramolecular Hbond substituents is 1. The van der Waals surface area contributed by atoms with Gasteiger partial charge >= 0.3 is 0 Å². The quantitative estimate of drug-likeness (QED) is 0.797. The third kappa shape index (κ3) is 3.35. The Kier molecular flexibility index (Phi) is 4.73. The van der Waals surface area contributed by atoms with E-state index in [1.54, 1.807) is 31.5 Å². The molecule has 1 unspecified atom stereocenters. The first-order valence-electron chi connectivity index (χ1n) is 5.95. The van der Waals surface area contributed by atoms with E-state index < -0.39 is 0 Å². The van der Waals surface area contributed by atoms with Gasteiger partial charge in [-0.3, -0.25) is 0 Å². The average molecular weight is 358 g/mol. The average Bonchev–Trinajstić information content (AvgIpc) is 2.43. The van der Waals surface area contributed by atoms with Crippen LogP contribution in [-0.4, -0.2) is 17.2 Å². The highest BCUT2D eigenvalue weighted by molar-refractivity contribution is 9.10. The number of pyridine rings is 1. The largest absolute Gasteiger partial charge is 0.508 e. The van der Waals surface area contributed by atoms with Gasteiger partial charge in [-0.15, -0.1) is 0 Å². The van der Waals surface area contributed by atoms with Crippen LogP contribution >= 0.6 is 27.5 Å². The SMILES string of the molecule is COc1ccc(O)c(C(C)Nc2cc(Br)cnc2Cl)c1. The summed E-state index contributed by atoms with van der Waals surface area (Å²) in [6, 6.07) is 6.78. The lowest BCUT2D eigenvalue weighted by Gasteiger charge is -2.18. The number of ether oxygens (including phenoxy) is 1. The summed E-state index contributed by atoms with van der Waals surface area (Å²) in [7, 11) is 1.59. The minimum Gasteiger partial charge on any atom is -0.508 e. The molecule has 2 aromatic rings. The number of benzene rings is 1. The van der Waals surface area contributed by atoms with Gasteiger partial charge in [0, 0.05) is 16.2 Å². The monoisotopic (exact) mass is 356 g/mol. The Hall–Kier alpha value is -1.46. The number of hydrogen-bond acceptors (Lipinski definition) is 4. The van der Waals surface area contributed by atoms with E-state index in [4.69, 9.17) is 16.3 Å². The van der Waals surface area contributed by atoms with Gasteiger partial charge in [-0.2, -0.15) is 0 Å². The number of halogens is 2. The van der Waals surface area contributed by atoms with Crippen LogP contribution in [0.3, 0.4) is 0 Å². The van der Waals surface area contributed by atoms with E-state index in [-0.39, 0.29) is 11.8 Å². The van der Waals surface area contributed by atoms with Gasteiger partial charge in [-0.25, -0.2) is 4.98 Å². The molecule has 1 atom stereocenters. The predicted octanol–water partition coefficient (Wildman–Crippen LogP) is 4.38. The van der Waals surface area contributed by atoms with Crippen LogP contribution in [0.4, 0.5) is 5.69 Å². The van der Waals surface area contributed by atoms with Crippen molar-refractivity contribution in [3.63, 3.8) is 0 Å². The Morgan fingerprint density at radius 3 is 2.85 bits per heavy atom. The highest BCUT2D eigenvalue weighted by Crippen LogP contribution is 2.32. The van der Waals surface area contributed by atoms with Gasteiger partial charge in [0.1, 0.15) is 11.5 Å². The van der Waals surface area contributed by atoms with Crippen molar-refractivity contribution in [3.05, 3.63) is 45.7 Å². The smallest absolute Gasteiger partial charge is 0.152 e. The van der Waals surface area contributed by atoms with Crippen LogP contribution in [0.5, 0.6) is 11.5 Å². The first-order chi connectivity index (χ1) is 9.51. The molecule has 1 aromatic heterocycles. The molecule has 0 aliphatic heterocycles. The molecule has 0 spiro atoms. The topological polar surface area (TPSA) is 54.4 Å². The maximum atomic E-state index is 9.95. The first kappa shape index (κ1) is 14.9. The van der Waals surface area contributed by atoms with Gasteiger partial charge in [0.25, 0.3) is 0 Å². The number of phenols is 1. The third-order valence-corrected chi connectivity index (χ3v) is 3.61. The number of aromatic nitrogens is 1. The van der Waals surface area contributed by atoms with E-state index in [9.17, 15) is 5.11 Å². The second-order valence-corrected chi connectivity index (χ2v) is 5.56. The highest BCUT2D eigenvalue weighted by atomic mass is 79.9. The lowest BCUT2D eigenvalue weighted by atomic mass is 10.1. The molecule has 4 nitrogen and oxygen atoms in total. The molecule has 0 amide bonds. The molecule has 0 aliphatic carbocycles. The molecule has 0 bridgehead atoms. The summed E-state index contributed by atoms with van der Waals surface area (Å²) in [6.45, 7) is 1.92. The van der Waals surface area contributed by atoms with Crippen molar-refractivity contribution in [3.8, 4) is 11.5 Å². The molecule has 106 valence electrons. The van der Waals surface area contributed by atoms with Crippen LogP contribution < -0.4 is 10.1 Å². The molecule has 0 aliphatic rings. The molecule has 0 fully saturated rings. The number of anilines is 1. The summed E-state index contributed by atoms with van der Waals surface area (Å²) < 4.78 is 5.99. The second kappa shape index (κ2) is 6.33. The Morgan fingerprint density at radius 2 is 2.15 bits per heavy atom. The Morgan fingerprint density at radius 1 is 1.40 bits per heavy atom. The minimum absolute atomic E-state index is 0.154. The lowest BCUT2D eigenvalue weighted by Crippen LogP contribution is -2.08. The Bertz CT molecular complexity index is 622. The number of nitrogens with one attached hydrogen (secondary N) is 1. The molecule has 0 radical (unpaired) electrons. The summed E-state index contributed by atoms with van der Waals surface area (Å²) in [6.07, 6.45) is 1.63. The van der Waals surface area contributed by atoms with E-state index in [0.717, 1.165) is 10.0 Å². The summed E-state index contributed by atoms with van der Waals surface area (Å²) >= 11 is 9.39. The van der Waals surface area contributed by atoms with Crippen LogP contribution in [0, 0.1) is 0 Å². The highest BCUT2D eigenvalue weighted by Gasteiger charge is 2.13. The number of nitrogens with zero attached hydrogens (tertiary/aromatic N) is 1. The van der Waals surface area contributed by atoms with Crippen molar-refractivity contribution >= 4 is 33.2 Å². The molecule has 20 heavy (non-hydrogen) atoms. The fourth-order valence-electron chi connectivity index (χ4n) is 1.84. The van der Waals surface area contributed by atoms with E-state index in [2.05, 4.69) is 26.2 Å². The maximum absolute atomic E-state index is 9.95. The summed E-state index contributed by atoms with van der Waals surface area (Å²) in [5.74, 6) is 0.884. The summed E-state index contributed by atoms with van der Waals surface area (Å²) in [4.78, 5) is 4.05. The molecule has 2 N–H and O–H groups in total. The Labute approximate surface area is 130 Å². The molecule has 1 heterocycles. The fraction of sp³-hybridized carbons (Fsp3) is 0.214. The summed E-state index contributed by atoms with van der Waals surface area (Å²) in [5, 5.41) is 13.5. The molecular weight excluding hydrogens is 344 g/mol.